The van der Waals surface area contributed by atoms with Crippen molar-refractivity contribution in [2.45, 2.75) is 19.3 Å². The Morgan fingerprint density at radius 1 is 1.15 bits per heavy atom. The molecular formula is C15H22ClNO3. The minimum absolute atomic E-state index is 0.0924. The van der Waals surface area contributed by atoms with Crippen LogP contribution in [0.5, 0.6) is 11.5 Å². The normalized spacial score (nSPS) is 10.2. The van der Waals surface area contributed by atoms with Gasteiger partial charge in [-0.3, -0.25) is 4.79 Å². The molecule has 0 bridgehead atoms. The summed E-state index contributed by atoms with van der Waals surface area (Å²) in [6.45, 7) is 0.691. The molecule has 4 nitrogen and oxygen atoms in total. The fourth-order valence-corrected chi connectivity index (χ4v) is 2.16. The van der Waals surface area contributed by atoms with Crippen LogP contribution in [0, 0.1) is 0 Å². The number of nitrogens with zero attached hydrogens (tertiary/aromatic N) is 1. The molecule has 0 atom stereocenters. The first-order chi connectivity index (χ1) is 9.65. The first-order valence-electron chi connectivity index (χ1n) is 6.68. The molecule has 112 valence electrons. The lowest BCUT2D eigenvalue weighted by atomic mass is 10.1. The van der Waals surface area contributed by atoms with Crippen molar-refractivity contribution < 1.29 is 14.3 Å². The predicted octanol–water partition coefficient (Wildman–Crippen LogP) is 3.18. The van der Waals surface area contributed by atoms with Gasteiger partial charge in [0, 0.05) is 19.5 Å². The van der Waals surface area contributed by atoms with E-state index in [4.69, 9.17) is 21.1 Å². The topological polar surface area (TPSA) is 38.8 Å². The Bertz CT molecular complexity index is 415. The number of amides is 1. The fourth-order valence-electron chi connectivity index (χ4n) is 1.97. The number of carbonyl (C=O) groups is 1. The lowest BCUT2D eigenvalue weighted by molar-refractivity contribution is 0.0786. The second-order valence-corrected chi connectivity index (χ2v) is 4.89. The van der Waals surface area contributed by atoms with E-state index in [2.05, 4.69) is 0 Å². The van der Waals surface area contributed by atoms with Crippen LogP contribution in [-0.4, -0.2) is 44.5 Å². The highest BCUT2D eigenvalue weighted by Gasteiger charge is 2.21. The highest BCUT2D eigenvalue weighted by atomic mass is 35.5. The molecule has 0 aliphatic rings. The number of ether oxygens (including phenoxy) is 2. The van der Waals surface area contributed by atoms with Gasteiger partial charge in [0.1, 0.15) is 17.1 Å². The van der Waals surface area contributed by atoms with Gasteiger partial charge in [-0.1, -0.05) is 12.5 Å². The molecule has 0 N–H and O–H groups in total. The summed E-state index contributed by atoms with van der Waals surface area (Å²) in [5.41, 5.74) is 0.470. The van der Waals surface area contributed by atoms with Crippen molar-refractivity contribution in [3.63, 3.8) is 0 Å². The lowest BCUT2D eigenvalue weighted by Crippen LogP contribution is -2.28. The summed E-state index contributed by atoms with van der Waals surface area (Å²) >= 11 is 5.64. The molecule has 5 heteroatoms. The van der Waals surface area contributed by atoms with Gasteiger partial charge in [-0.25, -0.2) is 0 Å². The van der Waals surface area contributed by atoms with Gasteiger partial charge >= 0.3 is 0 Å². The van der Waals surface area contributed by atoms with Gasteiger partial charge in [-0.15, -0.1) is 11.6 Å². The highest BCUT2D eigenvalue weighted by Crippen LogP contribution is 2.29. The highest BCUT2D eigenvalue weighted by molar-refractivity contribution is 6.17. The molecule has 0 saturated heterocycles. The standard InChI is InChI=1S/C15H22ClNO3/c1-17(11-6-4-5-10-16)15(18)14-12(19-2)8-7-9-13(14)20-3/h7-9H,4-6,10-11H2,1-3H3. The number of benzene rings is 1. The van der Waals surface area contributed by atoms with Crippen molar-refractivity contribution in [3.05, 3.63) is 23.8 Å². The van der Waals surface area contributed by atoms with E-state index >= 15 is 0 Å². The summed E-state index contributed by atoms with van der Waals surface area (Å²) in [7, 11) is 4.88. The number of methoxy groups -OCH3 is 2. The molecule has 0 spiro atoms. The second kappa shape index (κ2) is 8.69. The maximum atomic E-state index is 12.5. The van der Waals surface area contributed by atoms with Crippen LogP contribution in [0.3, 0.4) is 0 Å². The third-order valence-electron chi connectivity index (χ3n) is 3.12. The van der Waals surface area contributed by atoms with Gasteiger partial charge < -0.3 is 14.4 Å². The van der Waals surface area contributed by atoms with Crippen molar-refractivity contribution in [1.29, 1.82) is 0 Å². The molecule has 1 amide bonds. The Balaban J connectivity index is 2.80. The van der Waals surface area contributed by atoms with E-state index in [0.717, 1.165) is 19.3 Å². The Kier molecular flexibility index (Phi) is 7.23. The van der Waals surface area contributed by atoms with Gasteiger partial charge in [-0.2, -0.15) is 0 Å². The molecule has 1 aromatic rings. The van der Waals surface area contributed by atoms with E-state index in [0.29, 0.717) is 29.5 Å². The van der Waals surface area contributed by atoms with Crippen molar-refractivity contribution >= 4 is 17.5 Å². The third kappa shape index (κ3) is 4.30. The van der Waals surface area contributed by atoms with Crippen molar-refractivity contribution in [1.82, 2.24) is 4.90 Å². The van der Waals surface area contributed by atoms with Crippen molar-refractivity contribution in [3.8, 4) is 11.5 Å². The van der Waals surface area contributed by atoms with Gasteiger partial charge in [0.05, 0.1) is 14.2 Å². The third-order valence-corrected chi connectivity index (χ3v) is 3.38. The van der Waals surface area contributed by atoms with Gasteiger partial charge in [0.15, 0.2) is 0 Å². The van der Waals surface area contributed by atoms with Crippen molar-refractivity contribution in [2.24, 2.45) is 0 Å². The number of hydrogen-bond donors (Lipinski definition) is 0. The maximum Gasteiger partial charge on any atom is 0.261 e. The summed E-state index contributed by atoms with van der Waals surface area (Å²) in [4.78, 5) is 14.2. The summed E-state index contributed by atoms with van der Waals surface area (Å²) < 4.78 is 10.5. The molecule has 0 radical (unpaired) electrons. The summed E-state index contributed by atoms with van der Waals surface area (Å²) in [6.07, 6.45) is 2.93. The van der Waals surface area contributed by atoms with Gasteiger partial charge in [-0.05, 0) is 25.0 Å². The van der Waals surface area contributed by atoms with E-state index in [1.165, 1.54) is 0 Å². The molecule has 20 heavy (non-hydrogen) atoms. The lowest BCUT2D eigenvalue weighted by Gasteiger charge is -2.20. The average Bonchev–Trinajstić information content (AvgIpc) is 2.49. The zero-order valence-corrected chi connectivity index (χ0v) is 13.1. The number of unbranched alkanes of at least 4 members (excludes halogenated alkanes) is 2. The average molecular weight is 300 g/mol. The van der Waals surface area contributed by atoms with Crippen LogP contribution in [0.2, 0.25) is 0 Å². The Hall–Kier alpha value is -1.42. The van der Waals surface area contributed by atoms with Gasteiger partial charge in [0.25, 0.3) is 5.91 Å². The van der Waals surface area contributed by atoms with Crippen molar-refractivity contribution in [2.75, 3.05) is 33.7 Å². The molecule has 1 aromatic carbocycles. The van der Waals surface area contributed by atoms with Crippen LogP contribution >= 0.6 is 11.6 Å². The van der Waals surface area contributed by atoms with E-state index in [-0.39, 0.29) is 5.91 Å². The molecule has 0 unspecified atom stereocenters. The van der Waals surface area contributed by atoms with E-state index in [1.807, 2.05) is 0 Å². The molecule has 0 aromatic heterocycles. The monoisotopic (exact) mass is 299 g/mol. The van der Waals surface area contributed by atoms with Gasteiger partial charge in [0.2, 0.25) is 0 Å². The molecule has 0 aliphatic heterocycles. The maximum absolute atomic E-state index is 12.5. The minimum atomic E-state index is -0.0924. The number of alkyl halides is 1. The fraction of sp³-hybridized carbons (Fsp3) is 0.533. The van der Waals surface area contributed by atoms with E-state index in [1.54, 1.807) is 44.4 Å². The van der Waals surface area contributed by atoms with Crippen LogP contribution in [0.15, 0.2) is 18.2 Å². The van der Waals surface area contributed by atoms with Crippen LogP contribution in [0.1, 0.15) is 29.6 Å². The molecule has 0 fully saturated rings. The van der Waals surface area contributed by atoms with Crippen LogP contribution in [0.25, 0.3) is 0 Å². The Morgan fingerprint density at radius 3 is 2.25 bits per heavy atom. The SMILES string of the molecule is COc1cccc(OC)c1C(=O)N(C)CCCCCCl. The number of carbonyl (C=O) groups excluding carboxylic acids is 1. The van der Waals surface area contributed by atoms with Crippen LogP contribution in [-0.2, 0) is 0 Å². The molecule has 0 aliphatic carbocycles. The molecule has 0 saturated carbocycles. The largest absolute Gasteiger partial charge is 0.496 e. The summed E-state index contributed by atoms with van der Waals surface area (Å²) in [5, 5.41) is 0. The summed E-state index contributed by atoms with van der Waals surface area (Å²) in [5.74, 6) is 1.63. The van der Waals surface area contributed by atoms with Crippen LogP contribution < -0.4 is 9.47 Å². The summed E-state index contributed by atoms with van der Waals surface area (Å²) in [6, 6.07) is 5.32. The number of rotatable bonds is 8. The first-order valence-corrected chi connectivity index (χ1v) is 7.21. The van der Waals surface area contributed by atoms with E-state index < -0.39 is 0 Å². The molecule has 1 rings (SSSR count). The quantitative estimate of drug-likeness (QED) is 0.546. The number of hydrogen-bond acceptors (Lipinski definition) is 3. The molecular weight excluding hydrogens is 278 g/mol. The predicted molar refractivity (Wildman–Crippen MR) is 81.1 cm³/mol. The first kappa shape index (κ1) is 16.6. The van der Waals surface area contributed by atoms with E-state index in [9.17, 15) is 4.79 Å². The zero-order chi connectivity index (χ0) is 15.0. The number of halogens is 1. The molecule has 0 heterocycles. The smallest absolute Gasteiger partial charge is 0.261 e. The Labute approximate surface area is 125 Å². The zero-order valence-electron chi connectivity index (χ0n) is 12.3. The van der Waals surface area contributed by atoms with Crippen LogP contribution in [0.4, 0.5) is 0 Å². The second-order valence-electron chi connectivity index (χ2n) is 4.51. The Morgan fingerprint density at radius 2 is 1.75 bits per heavy atom. The minimum Gasteiger partial charge on any atom is -0.496 e.